The van der Waals surface area contributed by atoms with Crippen LogP contribution in [0.5, 0.6) is 5.88 Å². The van der Waals surface area contributed by atoms with E-state index in [-0.39, 0.29) is 16.0 Å². The van der Waals surface area contributed by atoms with E-state index in [9.17, 15) is 13.2 Å². The maximum Gasteiger partial charge on any atom is 0.268 e. The van der Waals surface area contributed by atoms with Crippen molar-refractivity contribution < 1.29 is 17.9 Å². The second-order valence-corrected chi connectivity index (χ2v) is 14.0. The van der Waals surface area contributed by atoms with E-state index in [1.807, 2.05) is 6.07 Å². The van der Waals surface area contributed by atoms with Crippen LogP contribution in [0.2, 0.25) is 0 Å². The Bertz CT molecular complexity index is 1500. The highest BCUT2D eigenvalue weighted by Gasteiger charge is 2.40. The molecule has 9 nitrogen and oxygen atoms in total. The van der Waals surface area contributed by atoms with Gasteiger partial charge in [0.1, 0.15) is 5.82 Å². The fraction of sp³-hybridized carbons (Fsp3) is 0.500. The van der Waals surface area contributed by atoms with E-state index in [2.05, 4.69) is 35.5 Å². The maximum absolute atomic E-state index is 13.4. The zero-order chi connectivity index (χ0) is 28.1. The molecule has 2 saturated carbocycles. The maximum atomic E-state index is 13.4. The Balaban J connectivity index is 1.27. The number of fused-ring (bicyclic) bond motifs is 2. The number of sulfonamides is 1. The number of anilines is 1. The summed E-state index contributed by atoms with van der Waals surface area (Å²) >= 11 is 0. The first kappa shape index (κ1) is 26.8. The van der Waals surface area contributed by atoms with Crippen LogP contribution in [0.4, 0.5) is 5.82 Å². The molecule has 1 amide bonds. The summed E-state index contributed by atoms with van der Waals surface area (Å²) in [6.07, 6.45) is 8.00. The molecule has 1 aliphatic heterocycles. The molecule has 0 radical (unpaired) electrons. The van der Waals surface area contributed by atoms with E-state index in [4.69, 9.17) is 9.72 Å². The Morgan fingerprint density at radius 3 is 2.58 bits per heavy atom. The first-order valence-corrected chi connectivity index (χ1v) is 15.7. The molecule has 0 spiro atoms. The first-order valence-electron chi connectivity index (χ1n) is 14.2. The fourth-order valence-corrected chi connectivity index (χ4v) is 8.02. The molecule has 6 rings (SSSR count). The third-order valence-electron chi connectivity index (χ3n) is 8.84. The Morgan fingerprint density at radius 1 is 1.10 bits per heavy atom. The van der Waals surface area contributed by atoms with Gasteiger partial charge in [-0.2, -0.15) is 0 Å². The molecule has 212 valence electrons. The summed E-state index contributed by atoms with van der Waals surface area (Å²) in [5.41, 5.74) is -0.0670. The lowest BCUT2D eigenvalue weighted by Crippen LogP contribution is -2.41. The van der Waals surface area contributed by atoms with Crippen molar-refractivity contribution >= 4 is 21.7 Å². The Kier molecular flexibility index (Phi) is 6.84. The summed E-state index contributed by atoms with van der Waals surface area (Å²) in [5.74, 6) is 3.45. The van der Waals surface area contributed by atoms with Crippen LogP contribution in [0.15, 0.2) is 59.6 Å². The molecular formula is C30H37N5O4S. The van der Waals surface area contributed by atoms with Crippen LogP contribution >= 0.6 is 0 Å². The number of nitrogens with zero attached hydrogens (tertiary/aromatic N) is 4. The molecule has 4 atom stereocenters. The number of carbonyl (C=O) groups excluding carboxylic acids is 1. The number of amides is 1. The zero-order valence-corrected chi connectivity index (χ0v) is 24.1. The van der Waals surface area contributed by atoms with Crippen LogP contribution in [-0.4, -0.2) is 47.8 Å². The molecule has 40 heavy (non-hydrogen) atoms. The SMILES string of the molecule is C[C@@H]1CN(c2nc(-n3ccc(OCC4C[C@@H]5CC[C@@H]4C5)n3)ccc2C(=O)NS(=O)(=O)c2ccccc2)C(C)(C)C1. The smallest absolute Gasteiger partial charge is 0.268 e. The van der Waals surface area contributed by atoms with Crippen molar-refractivity contribution in [1.29, 1.82) is 0 Å². The summed E-state index contributed by atoms with van der Waals surface area (Å²) in [6.45, 7) is 7.78. The fourth-order valence-electron chi connectivity index (χ4n) is 7.03. The topological polar surface area (TPSA) is 106 Å². The summed E-state index contributed by atoms with van der Waals surface area (Å²) in [6, 6.07) is 13.0. The molecule has 1 N–H and O–H groups in total. The van der Waals surface area contributed by atoms with Gasteiger partial charge >= 0.3 is 0 Å². The number of aromatic nitrogens is 3. The molecule has 3 heterocycles. The molecule has 3 aliphatic rings. The average Bonchev–Trinajstić information content (AvgIpc) is 3.71. The number of benzene rings is 1. The van der Waals surface area contributed by atoms with Gasteiger partial charge in [-0.3, -0.25) is 4.79 Å². The van der Waals surface area contributed by atoms with Crippen molar-refractivity contribution in [2.24, 2.45) is 23.7 Å². The molecule has 3 fully saturated rings. The van der Waals surface area contributed by atoms with Crippen molar-refractivity contribution in [3.05, 3.63) is 60.3 Å². The third kappa shape index (κ3) is 5.21. The van der Waals surface area contributed by atoms with Crippen molar-refractivity contribution in [2.75, 3.05) is 18.1 Å². The predicted octanol–water partition coefficient (Wildman–Crippen LogP) is 4.83. The van der Waals surface area contributed by atoms with Crippen molar-refractivity contribution in [3.63, 3.8) is 0 Å². The van der Waals surface area contributed by atoms with Gasteiger partial charge in [-0.1, -0.05) is 31.5 Å². The minimum atomic E-state index is -4.04. The molecule has 3 aromatic rings. The van der Waals surface area contributed by atoms with E-state index in [0.717, 1.165) is 18.3 Å². The normalized spacial score (nSPS) is 25.3. The lowest BCUT2D eigenvalue weighted by Gasteiger charge is -2.34. The summed E-state index contributed by atoms with van der Waals surface area (Å²) < 4.78 is 35.8. The average molecular weight is 564 g/mol. The van der Waals surface area contributed by atoms with Gasteiger partial charge < -0.3 is 9.64 Å². The molecule has 1 aromatic carbocycles. The minimum absolute atomic E-state index is 0.0270. The van der Waals surface area contributed by atoms with Crippen LogP contribution in [0.3, 0.4) is 0 Å². The summed E-state index contributed by atoms with van der Waals surface area (Å²) in [4.78, 5) is 20.4. The number of rotatable bonds is 8. The Hall–Kier alpha value is -3.40. The number of nitrogens with one attached hydrogen (secondary N) is 1. The van der Waals surface area contributed by atoms with Gasteiger partial charge in [0.2, 0.25) is 5.88 Å². The third-order valence-corrected chi connectivity index (χ3v) is 10.2. The highest BCUT2D eigenvalue weighted by atomic mass is 32.2. The number of hydrogen-bond donors (Lipinski definition) is 1. The first-order chi connectivity index (χ1) is 19.1. The van der Waals surface area contributed by atoms with Gasteiger partial charge in [0.05, 0.1) is 17.1 Å². The molecule has 1 unspecified atom stereocenters. The second-order valence-electron chi connectivity index (χ2n) is 12.4. The Labute approximate surface area is 236 Å². The van der Waals surface area contributed by atoms with Crippen molar-refractivity contribution in [3.8, 4) is 11.7 Å². The number of ether oxygens (including phenoxy) is 1. The molecule has 2 bridgehead atoms. The highest BCUT2D eigenvalue weighted by molar-refractivity contribution is 7.90. The largest absolute Gasteiger partial charge is 0.476 e. The van der Waals surface area contributed by atoms with E-state index >= 15 is 0 Å². The van der Waals surface area contributed by atoms with Gasteiger partial charge in [-0.15, -0.1) is 5.10 Å². The minimum Gasteiger partial charge on any atom is -0.476 e. The Morgan fingerprint density at radius 2 is 1.90 bits per heavy atom. The monoisotopic (exact) mass is 563 g/mol. The van der Waals surface area contributed by atoms with Crippen molar-refractivity contribution in [2.45, 2.75) is 63.3 Å². The van der Waals surface area contributed by atoms with E-state index in [1.165, 1.54) is 37.8 Å². The molecule has 1 saturated heterocycles. The quantitative estimate of drug-likeness (QED) is 0.419. The van der Waals surface area contributed by atoms with Crippen LogP contribution in [0, 0.1) is 23.7 Å². The van der Waals surface area contributed by atoms with Crippen molar-refractivity contribution in [1.82, 2.24) is 19.5 Å². The van der Waals surface area contributed by atoms with Crippen LogP contribution < -0.4 is 14.4 Å². The van der Waals surface area contributed by atoms with Crippen LogP contribution in [0.25, 0.3) is 5.82 Å². The predicted molar refractivity (Wildman–Crippen MR) is 152 cm³/mol. The van der Waals surface area contributed by atoms with Gasteiger partial charge in [0.25, 0.3) is 15.9 Å². The molecular weight excluding hydrogens is 526 g/mol. The van der Waals surface area contributed by atoms with E-state index < -0.39 is 15.9 Å². The van der Waals surface area contributed by atoms with Gasteiger partial charge in [0, 0.05) is 24.3 Å². The lowest BCUT2D eigenvalue weighted by atomic mass is 9.90. The molecule has 2 aromatic heterocycles. The molecule has 10 heteroatoms. The van der Waals surface area contributed by atoms with Crippen LogP contribution in [0.1, 0.15) is 63.2 Å². The zero-order valence-electron chi connectivity index (χ0n) is 23.3. The van der Waals surface area contributed by atoms with E-state index in [0.29, 0.717) is 42.5 Å². The molecule has 2 aliphatic carbocycles. The number of pyridine rings is 1. The summed E-state index contributed by atoms with van der Waals surface area (Å²) in [5, 5.41) is 4.61. The summed E-state index contributed by atoms with van der Waals surface area (Å²) in [7, 11) is -4.04. The highest BCUT2D eigenvalue weighted by Crippen LogP contribution is 2.48. The van der Waals surface area contributed by atoms with Crippen LogP contribution in [-0.2, 0) is 10.0 Å². The van der Waals surface area contributed by atoms with Gasteiger partial charge in [0.15, 0.2) is 5.82 Å². The van der Waals surface area contributed by atoms with Gasteiger partial charge in [-0.25, -0.2) is 22.8 Å². The lowest BCUT2D eigenvalue weighted by molar-refractivity contribution is 0.0981. The van der Waals surface area contributed by atoms with E-state index in [1.54, 1.807) is 41.2 Å². The number of carbonyl (C=O) groups is 1. The van der Waals surface area contributed by atoms with Gasteiger partial charge in [-0.05, 0) is 87.5 Å². The second kappa shape index (κ2) is 10.2. The standard InChI is InChI=1S/C30H37N5O4S/c1-20-17-30(2,3)34(18-20)28-25(29(36)33-40(37,38)24-7-5-4-6-8-24)11-12-26(31-28)35-14-13-27(32-35)39-19-23-16-21-9-10-22(23)15-21/h4-8,11-14,20-23H,9-10,15-19H2,1-3H3,(H,33,36)/t20-,21+,22+,23?/m0/s1. The number of hydrogen-bond acceptors (Lipinski definition) is 7.